The second-order valence-corrected chi connectivity index (χ2v) is 7.64. The maximum atomic E-state index is 9.67. The van der Waals surface area contributed by atoms with Gasteiger partial charge in [0.05, 0.1) is 7.11 Å². The molecule has 5 nitrogen and oxygen atoms in total. The first-order chi connectivity index (χ1) is 15.7. The summed E-state index contributed by atoms with van der Waals surface area (Å²) in [6.07, 6.45) is 0. The molecule has 0 fully saturated rings. The first kappa shape index (κ1) is 19.1. The van der Waals surface area contributed by atoms with Crippen LogP contribution in [0.4, 0.5) is 0 Å². The predicted molar refractivity (Wildman–Crippen MR) is 116 cm³/mol. The third-order valence-corrected chi connectivity index (χ3v) is 6.39. The molecular formula is C27H14N4O. The van der Waals surface area contributed by atoms with Gasteiger partial charge >= 0.3 is 0 Å². The van der Waals surface area contributed by atoms with Gasteiger partial charge in [-0.05, 0) is 33.9 Å². The SMILES string of the molecule is COc1cccc2c1C1c3ccccc3C2c2c1c(=C(C#N)C#N)ccc2=C(C#N)C#N. The number of nitriles is 4. The highest BCUT2D eigenvalue weighted by Gasteiger charge is 2.44. The van der Waals surface area contributed by atoms with Crippen LogP contribution < -0.4 is 15.2 Å². The summed E-state index contributed by atoms with van der Waals surface area (Å²) in [4.78, 5) is 0. The number of ether oxygens (including phenoxy) is 1. The van der Waals surface area contributed by atoms with E-state index >= 15 is 0 Å². The number of rotatable bonds is 1. The van der Waals surface area contributed by atoms with Gasteiger partial charge in [0.1, 0.15) is 41.2 Å². The summed E-state index contributed by atoms with van der Waals surface area (Å²) in [5.74, 6) is 0.193. The zero-order chi connectivity index (χ0) is 22.4. The van der Waals surface area contributed by atoms with Crippen LogP contribution in [0.5, 0.6) is 5.75 Å². The summed E-state index contributed by atoms with van der Waals surface area (Å²) in [5, 5.41) is 39.7. The Hall–Kier alpha value is -4.84. The standard InChI is InChI=1S/C27H14N4O/c1-32-22-8-4-7-21-23-19-5-2-3-6-20(19)27(24(21)22)26-18(16(13-30)14-31)10-9-17(25(23)26)15(11-28)12-29/h2-10,23,27H,1H3. The molecule has 0 radical (unpaired) electrons. The zero-order valence-electron chi connectivity index (χ0n) is 17.0. The average Bonchev–Trinajstić information content (AvgIpc) is 2.85. The second kappa shape index (κ2) is 7.14. The molecule has 2 bridgehead atoms. The average molecular weight is 410 g/mol. The Labute approximate surface area is 184 Å². The van der Waals surface area contributed by atoms with Crippen molar-refractivity contribution in [2.24, 2.45) is 0 Å². The van der Waals surface area contributed by atoms with E-state index in [1.54, 1.807) is 19.2 Å². The van der Waals surface area contributed by atoms with E-state index in [9.17, 15) is 21.0 Å². The van der Waals surface area contributed by atoms with E-state index in [2.05, 4.69) is 12.1 Å². The lowest BCUT2D eigenvalue weighted by molar-refractivity contribution is 0.406. The van der Waals surface area contributed by atoms with Crippen molar-refractivity contribution in [1.29, 1.82) is 21.0 Å². The maximum Gasteiger partial charge on any atom is 0.137 e. The van der Waals surface area contributed by atoms with E-state index < -0.39 is 0 Å². The molecule has 0 aromatic heterocycles. The lowest BCUT2D eigenvalue weighted by atomic mass is 9.60. The molecule has 3 aliphatic rings. The van der Waals surface area contributed by atoms with Crippen LogP contribution in [0.3, 0.4) is 0 Å². The first-order valence-electron chi connectivity index (χ1n) is 9.97. The fourth-order valence-electron chi connectivity index (χ4n) is 5.26. The molecule has 2 unspecified atom stereocenters. The molecular weight excluding hydrogens is 396 g/mol. The molecule has 3 aromatic rings. The van der Waals surface area contributed by atoms with Crippen molar-refractivity contribution in [2.45, 2.75) is 11.8 Å². The van der Waals surface area contributed by atoms with Gasteiger partial charge in [0.15, 0.2) is 0 Å². The third-order valence-electron chi connectivity index (χ3n) is 6.39. The Bertz CT molecular complexity index is 1590. The Morgan fingerprint density at radius 2 is 1.12 bits per heavy atom. The van der Waals surface area contributed by atoms with Crippen molar-refractivity contribution < 1.29 is 4.74 Å². The Morgan fingerprint density at radius 3 is 1.66 bits per heavy atom. The monoisotopic (exact) mass is 410 g/mol. The Balaban J connectivity index is 2.09. The van der Waals surface area contributed by atoms with E-state index in [0.29, 0.717) is 10.4 Å². The fraction of sp³-hybridized carbons (Fsp3) is 0.111. The number of hydrogen-bond acceptors (Lipinski definition) is 5. The van der Waals surface area contributed by atoms with Crippen molar-refractivity contribution >= 4 is 11.1 Å². The summed E-state index contributed by atoms with van der Waals surface area (Å²) in [6.45, 7) is 0. The summed E-state index contributed by atoms with van der Waals surface area (Å²) >= 11 is 0. The molecule has 0 spiro atoms. The number of benzene rings is 3. The lowest BCUT2D eigenvalue weighted by Gasteiger charge is -2.43. The molecule has 3 aromatic carbocycles. The van der Waals surface area contributed by atoms with Crippen LogP contribution in [0.2, 0.25) is 0 Å². The molecule has 32 heavy (non-hydrogen) atoms. The Morgan fingerprint density at radius 1 is 0.625 bits per heavy atom. The van der Waals surface area contributed by atoms with Gasteiger partial charge in [0, 0.05) is 27.8 Å². The van der Waals surface area contributed by atoms with E-state index in [1.165, 1.54) is 0 Å². The molecule has 0 saturated heterocycles. The van der Waals surface area contributed by atoms with Gasteiger partial charge in [-0.15, -0.1) is 0 Å². The molecule has 2 atom stereocenters. The fourth-order valence-corrected chi connectivity index (χ4v) is 5.26. The van der Waals surface area contributed by atoms with Crippen molar-refractivity contribution in [2.75, 3.05) is 7.11 Å². The molecule has 0 amide bonds. The zero-order valence-corrected chi connectivity index (χ0v) is 17.0. The van der Waals surface area contributed by atoms with E-state index in [-0.39, 0.29) is 23.0 Å². The van der Waals surface area contributed by atoms with Crippen LogP contribution in [-0.2, 0) is 0 Å². The maximum absolute atomic E-state index is 9.67. The van der Waals surface area contributed by atoms with Crippen molar-refractivity contribution in [1.82, 2.24) is 0 Å². The summed E-state index contributed by atoms with van der Waals surface area (Å²) < 4.78 is 5.72. The van der Waals surface area contributed by atoms with Gasteiger partial charge in [-0.2, -0.15) is 21.0 Å². The molecule has 6 rings (SSSR count). The molecule has 148 valence electrons. The van der Waals surface area contributed by atoms with Gasteiger partial charge in [-0.25, -0.2) is 0 Å². The predicted octanol–water partition coefficient (Wildman–Crippen LogP) is 3.08. The van der Waals surface area contributed by atoms with Crippen LogP contribution in [0.1, 0.15) is 45.2 Å². The second-order valence-electron chi connectivity index (χ2n) is 7.64. The molecule has 3 aliphatic carbocycles. The van der Waals surface area contributed by atoms with Crippen LogP contribution >= 0.6 is 0 Å². The summed E-state index contributed by atoms with van der Waals surface area (Å²) in [5.41, 5.74) is 5.83. The van der Waals surface area contributed by atoms with Gasteiger partial charge in [-0.3, -0.25) is 0 Å². The minimum atomic E-state index is -0.289. The summed E-state index contributed by atoms with van der Waals surface area (Å²) in [7, 11) is 1.63. The number of methoxy groups -OCH3 is 1. The lowest BCUT2D eigenvalue weighted by Crippen LogP contribution is -2.38. The number of nitrogens with zero attached hydrogens (tertiary/aromatic N) is 4. The highest BCUT2D eigenvalue weighted by atomic mass is 16.5. The highest BCUT2D eigenvalue weighted by molar-refractivity contribution is 5.80. The molecule has 0 N–H and O–H groups in total. The quantitative estimate of drug-likeness (QED) is 0.422. The first-order valence-corrected chi connectivity index (χ1v) is 9.97. The van der Waals surface area contributed by atoms with Crippen LogP contribution in [-0.4, -0.2) is 7.11 Å². The minimum absolute atomic E-state index is 0.00439. The van der Waals surface area contributed by atoms with Gasteiger partial charge in [-0.1, -0.05) is 48.5 Å². The van der Waals surface area contributed by atoms with Crippen molar-refractivity contribution in [3.63, 3.8) is 0 Å². The summed E-state index contributed by atoms with van der Waals surface area (Å²) in [6, 6.07) is 25.4. The van der Waals surface area contributed by atoms with Crippen LogP contribution in [0.15, 0.2) is 54.6 Å². The molecule has 0 heterocycles. The van der Waals surface area contributed by atoms with Crippen LogP contribution in [0, 0.1) is 45.3 Å². The molecule has 0 aliphatic heterocycles. The topological polar surface area (TPSA) is 104 Å². The van der Waals surface area contributed by atoms with Crippen LogP contribution in [0.25, 0.3) is 11.1 Å². The third kappa shape index (κ3) is 2.34. The molecule has 5 heteroatoms. The van der Waals surface area contributed by atoms with Crippen molar-refractivity contribution in [3.8, 4) is 30.0 Å². The van der Waals surface area contributed by atoms with Gasteiger partial charge in [0.25, 0.3) is 0 Å². The normalized spacial score (nSPS) is 16.2. The van der Waals surface area contributed by atoms with Gasteiger partial charge in [0.2, 0.25) is 0 Å². The van der Waals surface area contributed by atoms with E-state index in [1.807, 2.05) is 54.6 Å². The van der Waals surface area contributed by atoms with Gasteiger partial charge < -0.3 is 4.74 Å². The van der Waals surface area contributed by atoms with E-state index in [4.69, 9.17) is 4.74 Å². The Kier molecular flexibility index (Phi) is 4.27. The number of hydrogen-bond donors (Lipinski definition) is 0. The smallest absolute Gasteiger partial charge is 0.137 e. The molecule has 0 saturated carbocycles. The minimum Gasteiger partial charge on any atom is -0.496 e. The highest BCUT2D eigenvalue weighted by Crippen LogP contribution is 2.56. The van der Waals surface area contributed by atoms with Crippen molar-refractivity contribution in [3.05, 3.63) is 98.4 Å². The largest absolute Gasteiger partial charge is 0.496 e. The van der Waals surface area contributed by atoms with E-state index in [0.717, 1.165) is 39.1 Å².